The minimum absolute atomic E-state index is 0.00450. The predicted octanol–water partition coefficient (Wildman–Crippen LogP) is 7.68. The van der Waals surface area contributed by atoms with E-state index in [-0.39, 0.29) is 18.1 Å². The van der Waals surface area contributed by atoms with E-state index in [4.69, 9.17) is 11.6 Å². The molecule has 8 heteroatoms. The first-order valence-electron chi connectivity index (χ1n) is 10.9. The summed E-state index contributed by atoms with van der Waals surface area (Å²) in [4.78, 5) is 8.80. The van der Waals surface area contributed by atoms with Crippen LogP contribution in [0.4, 0.5) is 18.9 Å². The number of hydrogen-bond donors (Lipinski definition) is 1. The second-order valence-electron chi connectivity index (χ2n) is 7.58. The summed E-state index contributed by atoms with van der Waals surface area (Å²) < 4.78 is 43.6. The van der Waals surface area contributed by atoms with Crippen molar-refractivity contribution in [2.75, 3.05) is 18.6 Å². The molecular formula is C26H26ClF3N3P. The van der Waals surface area contributed by atoms with Gasteiger partial charge in [0.05, 0.1) is 21.9 Å². The van der Waals surface area contributed by atoms with Crippen LogP contribution in [-0.2, 0) is 6.54 Å². The maximum Gasteiger partial charge on any atom is 0.151 e. The van der Waals surface area contributed by atoms with Crippen molar-refractivity contribution in [3.05, 3.63) is 82.3 Å². The zero-order chi connectivity index (χ0) is 25.0. The number of anilines is 1. The van der Waals surface area contributed by atoms with Crippen molar-refractivity contribution in [1.29, 1.82) is 0 Å². The second-order valence-corrected chi connectivity index (χ2v) is 10.2. The van der Waals surface area contributed by atoms with Gasteiger partial charge in [0, 0.05) is 29.0 Å². The molecule has 34 heavy (non-hydrogen) atoms. The third kappa shape index (κ3) is 5.34. The van der Waals surface area contributed by atoms with Gasteiger partial charge < -0.3 is 5.32 Å². The molecule has 2 aromatic carbocycles. The van der Waals surface area contributed by atoms with Crippen LogP contribution in [0.3, 0.4) is 0 Å². The average Bonchev–Trinajstić information content (AvgIpc) is 2.81. The van der Waals surface area contributed by atoms with Crippen LogP contribution in [0, 0.1) is 24.4 Å². The van der Waals surface area contributed by atoms with Gasteiger partial charge in [-0.25, -0.2) is 23.1 Å². The van der Waals surface area contributed by atoms with E-state index in [1.54, 1.807) is 37.3 Å². The highest BCUT2D eigenvalue weighted by Crippen LogP contribution is 2.35. The molecule has 0 amide bonds. The summed E-state index contributed by atoms with van der Waals surface area (Å²) in [5.74, 6) is -1.36. The number of aromatic nitrogens is 2. The molecule has 2 aromatic heterocycles. The summed E-state index contributed by atoms with van der Waals surface area (Å²) in [6.07, 6.45) is 0. The quantitative estimate of drug-likeness (QED) is 0.284. The maximum absolute atomic E-state index is 14.9. The Labute approximate surface area is 204 Å². The summed E-state index contributed by atoms with van der Waals surface area (Å²) in [5, 5.41) is 4.04. The first-order chi connectivity index (χ1) is 16.3. The van der Waals surface area contributed by atoms with Gasteiger partial charge in [-0.1, -0.05) is 63.7 Å². The lowest BCUT2D eigenvalue weighted by Gasteiger charge is -2.15. The number of aryl methyl sites for hydroxylation is 1. The lowest BCUT2D eigenvalue weighted by molar-refractivity contribution is 0.613. The summed E-state index contributed by atoms with van der Waals surface area (Å²) in [6, 6.07) is 12.3. The molecule has 0 saturated carbocycles. The van der Waals surface area contributed by atoms with E-state index in [0.29, 0.717) is 43.9 Å². The number of fused-ring (bicyclic) bond motifs is 1. The van der Waals surface area contributed by atoms with E-state index in [9.17, 15) is 13.2 Å². The molecule has 0 aliphatic heterocycles. The van der Waals surface area contributed by atoms with Crippen molar-refractivity contribution in [3.63, 3.8) is 0 Å². The monoisotopic (exact) mass is 503 g/mol. The fraction of sp³-hybridized carbons (Fsp3) is 0.231. The Morgan fingerprint density at radius 3 is 2.26 bits per heavy atom. The van der Waals surface area contributed by atoms with E-state index >= 15 is 0 Å². The molecule has 2 heterocycles. The summed E-state index contributed by atoms with van der Waals surface area (Å²) in [5.41, 5.74) is 2.29. The fourth-order valence-electron chi connectivity index (χ4n) is 3.47. The molecule has 0 aliphatic carbocycles. The summed E-state index contributed by atoms with van der Waals surface area (Å²) in [7, 11) is -0.634. The van der Waals surface area contributed by atoms with Gasteiger partial charge in [0.2, 0.25) is 0 Å². The van der Waals surface area contributed by atoms with Crippen LogP contribution < -0.4 is 10.6 Å². The number of rotatable bonds is 5. The Hall–Kier alpha value is -2.69. The number of benzene rings is 2. The Morgan fingerprint density at radius 2 is 1.62 bits per heavy atom. The van der Waals surface area contributed by atoms with Crippen molar-refractivity contribution >= 4 is 41.5 Å². The van der Waals surface area contributed by atoms with Crippen LogP contribution in [0.15, 0.2) is 48.5 Å². The molecule has 0 spiro atoms. The molecule has 0 saturated heterocycles. The number of pyridine rings is 2. The number of hydrogen-bond acceptors (Lipinski definition) is 3. The molecule has 0 aliphatic rings. The fourth-order valence-corrected chi connectivity index (χ4v) is 4.53. The second kappa shape index (κ2) is 11.2. The highest BCUT2D eigenvalue weighted by Gasteiger charge is 2.18. The van der Waals surface area contributed by atoms with Gasteiger partial charge in [-0.3, -0.25) is 0 Å². The van der Waals surface area contributed by atoms with Crippen molar-refractivity contribution in [2.45, 2.75) is 27.3 Å². The Balaban J connectivity index is 0.00000158. The van der Waals surface area contributed by atoms with Gasteiger partial charge in [0.1, 0.15) is 22.8 Å². The lowest BCUT2D eigenvalue weighted by Crippen LogP contribution is -2.07. The van der Waals surface area contributed by atoms with Crippen molar-refractivity contribution < 1.29 is 13.2 Å². The third-order valence-electron chi connectivity index (χ3n) is 5.13. The molecule has 0 atom stereocenters. The molecular weight excluding hydrogens is 478 g/mol. The van der Waals surface area contributed by atoms with Crippen LogP contribution in [0.2, 0.25) is 5.02 Å². The number of halogens is 4. The van der Waals surface area contributed by atoms with Gasteiger partial charge in [-0.15, -0.1) is 0 Å². The van der Waals surface area contributed by atoms with Gasteiger partial charge in [-0.05, 0) is 32.4 Å². The molecule has 3 nitrogen and oxygen atoms in total. The first kappa shape index (κ1) is 25.9. The lowest BCUT2D eigenvalue weighted by atomic mass is 10.1. The molecule has 4 aromatic rings. The van der Waals surface area contributed by atoms with Crippen LogP contribution in [0.5, 0.6) is 0 Å². The van der Waals surface area contributed by atoms with E-state index < -0.39 is 19.6 Å². The first-order valence-corrected chi connectivity index (χ1v) is 13.5. The standard InChI is InChI=1S/C24H20ClF3N3P.C2H6/c1-13-21(25)24(29-12-15-6-4-5-7-16(15)26)23-19(30-13)11-18(28)22(31-23)14-8-9-20(32(2)3)17(27)10-14;1-2/h4-11H,12H2,1-3H3,(H,29,30);1-2H3. The molecule has 1 N–H and O–H groups in total. The van der Waals surface area contributed by atoms with E-state index in [1.165, 1.54) is 18.2 Å². The topological polar surface area (TPSA) is 37.8 Å². The molecule has 0 fully saturated rings. The Morgan fingerprint density at radius 1 is 0.912 bits per heavy atom. The summed E-state index contributed by atoms with van der Waals surface area (Å²) in [6.45, 7) is 9.75. The van der Waals surface area contributed by atoms with Crippen LogP contribution in [0.25, 0.3) is 22.3 Å². The van der Waals surface area contributed by atoms with E-state index in [1.807, 2.05) is 27.2 Å². The highest BCUT2D eigenvalue weighted by atomic mass is 35.5. The maximum atomic E-state index is 14.9. The van der Waals surface area contributed by atoms with Gasteiger partial charge in [0.15, 0.2) is 5.82 Å². The van der Waals surface area contributed by atoms with Crippen LogP contribution in [0.1, 0.15) is 25.1 Å². The van der Waals surface area contributed by atoms with Crippen molar-refractivity contribution in [1.82, 2.24) is 9.97 Å². The van der Waals surface area contributed by atoms with Gasteiger partial charge in [-0.2, -0.15) is 0 Å². The molecule has 0 unspecified atom stereocenters. The predicted molar refractivity (Wildman–Crippen MR) is 138 cm³/mol. The zero-order valence-corrected chi connectivity index (χ0v) is 21.3. The number of nitrogens with zero attached hydrogens (tertiary/aromatic N) is 2. The largest absolute Gasteiger partial charge is 0.378 e. The molecule has 178 valence electrons. The van der Waals surface area contributed by atoms with Gasteiger partial charge >= 0.3 is 0 Å². The zero-order valence-electron chi connectivity index (χ0n) is 19.7. The Bertz CT molecular complexity index is 1330. The van der Waals surface area contributed by atoms with Crippen LogP contribution in [-0.4, -0.2) is 23.3 Å². The normalized spacial score (nSPS) is 10.9. The minimum atomic E-state index is -0.634. The molecule has 0 bridgehead atoms. The average molecular weight is 504 g/mol. The Kier molecular flexibility index (Phi) is 8.51. The highest BCUT2D eigenvalue weighted by molar-refractivity contribution is 7.64. The molecule has 4 rings (SSSR count). The minimum Gasteiger partial charge on any atom is -0.378 e. The van der Waals surface area contributed by atoms with Gasteiger partial charge in [0.25, 0.3) is 0 Å². The van der Waals surface area contributed by atoms with Crippen LogP contribution >= 0.6 is 19.5 Å². The van der Waals surface area contributed by atoms with Crippen molar-refractivity contribution in [3.8, 4) is 11.3 Å². The smallest absolute Gasteiger partial charge is 0.151 e. The van der Waals surface area contributed by atoms with E-state index in [0.717, 1.165) is 0 Å². The van der Waals surface area contributed by atoms with Crippen molar-refractivity contribution in [2.24, 2.45) is 0 Å². The molecule has 0 radical (unpaired) electrons. The SMILES string of the molecule is CC.Cc1nc2cc(F)c(-c3ccc(P(C)C)c(F)c3)nc2c(NCc2ccccc2F)c1Cl. The number of nitrogens with one attached hydrogen (secondary N) is 1. The van der Waals surface area contributed by atoms with E-state index in [2.05, 4.69) is 15.3 Å². The summed E-state index contributed by atoms with van der Waals surface area (Å²) >= 11 is 6.49. The third-order valence-corrected chi connectivity index (χ3v) is 6.92.